The number of rotatable bonds is 2. The first-order valence-electron chi connectivity index (χ1n) is 3.63. The van der Waals surface area contributed by atoms with Crippen LogP contribution in [0, 0.1) is 6.92 Å². The Kier molecular flexibility index (Phi) is 2.97. The Hall–Kier alpha value is -0.470. The van der Waals surface area contributed by atoms with Crippen LogP contribution in [0.2, 0.25) is 0 Å². The maximum absolute atomic E-state index is 8.68. The van der Waals surface area contributed by atoms with Gasteiger partial charge in [0.2, 0.25) is 0 Å². The van der Waals surface area contributed by atoms with E-state index in [1.165, 1.54) is 5.56 Å². The van der Waals surface area contributed by atoms with Gasteiger partial charge in [-0.15, -0.1) is 12.6 Å². The number of hydrogen-bond donors (Lipinski definition) is 2. The average Bonchev–Trinajstić information content (AvgIpc) is 1.95. The molecule has 60 valence electrons. The summed E-state index contributed by atoms with van der Waals surface area (Å²) in [5.74, 6) is 0. The highest BCUT2D eigenvalue weighted by atomic mass is 32.1. The van der Waals surface area contributed by atoms with E-state index >= 15 is 0 Å². The summed E-state index contributed by atoms with van der Waals surface area (Å²) < 4.78 is 0. The first-order valence-corrected chi connectivity index (χ1v) is 4.08. The fourth-order valence-electron chi connectivity index (χ4n) is 1.01. The average molecular weight is 168 g/mol. The topological polar surface area (TPSA) is 20.2 Å². The quantitative estimate of drug-likeness (QED) is 0.645. The number of aliphatic hydroxyl groups excluding tert-OH is 1. The second-order valence-electron chi connectivity index (χ2n) is 2.61. The van der Waals surface area contributed by atoms with Crippen molar-refractivity contribution < 1.29 is 5.11 Å². The third-order valence-electron chi connectivity index (χ3n) is 1.62. The van der Waals surface area contributed by atoms with Crippen molar-refractivity contribution >= 4 is 12.6 Å². The minimum absolute atomic E-state index is 0.191. The zero-order valence-corrected chi connectivity index (χ0v) is 7.44. The van der Waals surface area contributed by atoms with Crippen molar-refractivity contribution in [2.45, 2.75) is 18.2 Å². The lowest BCUT2D eigenvalue weighted by Crippen LogP contribution is -1.92. The molecule has 0 heterocycles. The lowest BCUT2D eigenvalue weighted by Gasteiger charge is -2.02. The molecule has 0 unspecified atom stereocenters. The molecule has 0 aliphatic rings. The van der Waals surface area contributed by atoms with Crippen molar-refractivity contribution in [3.8, 4) is 0 Å². The van der Waals surface area contributed by atoms with Crippen molar-refractivity contribution in [3.63, 3.8) is 0 Å². The van der Waals surface area contributed by atoms with Gasteiger partial charge in [0.25, 0.3) is 0 Å². The maximum Gasteiger partial charge on any atom is 0.0471 e. The summed E-state index contributed by atoms with van der Waals surface area (Å²) in [7, 11) is 0. The third kappa shape index (κ3) is 2.24. The Morgan fingerprint density at radius 3 is 2.73 bits per heavy atom. The maximum atomic E-state index is 8.68. The van der Waals surface area contributed by atoms with E-state index in [0.29, 0.717) is 6.42 Å². The molecule has 11 heavy (non-hydrogen) atoms. The van der Waals surface area contributed by atoms with Crippen molar-refractivity contribution in [1.82, 2.24) is 0 Å². The van der Waals surface area contributed by atoms with Crippen LogP contribution in [-0.2, 0) is 6.42 Å². The Morgan fingerprint density at radius 2 is 2.18 bits per heavy atom. The van der Waals surface area contributed by atoms with Gasteiger partial charge >= 0.3 is 0 Å². The first kappa shape index (κ1) is 8.62. The molecule has 1 rings (SSSR count). The molecule has 1 nitrogen and oxygen atoms in total. The highest BCUT2D eigenvalue weighted by Crippen LogP contribution is 2.15. The van der Waals surface area contributed by atoms with Gasteiger partial charge in [0.05, 0.1) is 0 Å². The molecule has 1 N–H and O–H groups in total. The molecular formula is C9H12OS. The van der Waals surface area contributed by atoms with E-state index in [1.54, 1.807) is 0 Å². The van der Waals surface area contributed by atoms with Crippen LogP contribution in [-0.4, -0.2) is 11.7 Å². The highest BCUT2D eigenvalue weighted by molar-refractivity contribution is 7.80. The molecule has 0 saturated heterocycles. The summed E-state index contributed by atoms with van der Waals surface area (Å²) in [6.45, 7) is 2.22. The zero-order chi connectivity index (χ0) is 8.27. The van der Waals surface area contributed by atoms with Gasteiger partial charge in [0.15, 0.2) is 0 Å². The summed E-state index contributed by atoms with van der Waals surface area (Å²) in [6, 6.07) is 6.05. The summed E-state index contributed by atoms with van der Waals surface area (Å²) in [5.41, 5.74) is 2.32. The molecule has 1 aromatic carbocycles. The van der Waals surface area contributed by atoms with E-state index in [0.717, 1.165) is 10.5 Å². The molecule has 0 atom stereocenters. The molecule has 0 spiro atoms. The number of thiol groups is 1. The van der Waals surface area contributed by atoms with E-state index in [2.05, 4.69) is 12.6 Å². The molecule has 0 fully saturated rings. The zero-order valence-electron chi connectivity index (χ0n) is 6.54. The predicted octanol–water partition coefficient (Wildman–Crippen LogP) is 1.82. The molecule has 0 radical (unpaired) electrons. The van der Waals surface area contributed by atoms with Crippen LogP contribution in [0.3, 0.4) is 0 Å². The van der Waals surface area contributed by atoms with Crippen LogP contribution in [0.5, 0.6) is 0 Å². The fourth-order valence-corrected chi connectivity index (χ4v) is 1.40. The Balaban J connectivity index is 2.90. The van der Waals surface area contributed by atoms with E-state index in [-0.39, 0.29) is 6.61 Å². The largest absolute Gasteiger partial charge is 0.396 e. The Labute approximate surface area is 72.5 Å². The third-order valence-corrected chi connectivity index (χ3v) is 2.04. The van der Waals surface area contributed by atoms with Crippen molar-refractivity contribution in [3.05, 3.63) is 29.3 Å². The van der Waals surface area contributed by atoms with Gasteiger partial charge in [-0.2, -0.15) is 0 Å². The van der Waals surface area contributed by atoms with Crippen LogP contribution in [0.15, 0.2) is 23.1 Å². The SMILES string of the molecule is Cc1ccc(CCO)c(S)c1. The molecule has 1 aromatic rings. The minimum Gasteiger partial charge on any atom is -0.396 e. The Morgan fingerprint density at radius 1 is 1.45 bits per heavy atom. The molecule has 2 heteroatoms. The second-order valence-corrected chi connectivity index (χ2v) is 3.09. The summed E-state index contributed by atoms with van der Waals surface area (Å²) >= 11 is 4.29. The number of aliphatic hydroxyl groups is 1. The lowest BCUT2D eigenvalue weighted by atomic mass is 10.1. The molecular weight excluding hydrogens is 156 g/mol. The van der Waals surface area contributed by atoms with Crippen molar-refractivity contribution in [2.24, 2.45) is 0 Å². The van der Waals surface area contributed by atoms with Gasteiger partial charge < -0.3 is 5.11 Å². The van der Waals surface area contributed by atoms with Crippen molar-refractivity contribution in [1.29, 1.82) is 0 Å². The Bertz CT molecular complexity index is 245. The van der Waals surface area contributed by atoms with Gasteiger partial charge in [-0.25, -0.2) is 0 Å². The summed E-state index contributed by atoms with van der Waals surface area (Å²) in [6.07, 6.45) is 0.694. The van der Waals surface area contributed by atoms with Gasteiger partial charge in [-0.05, 0) is 25.0 Å². The van der Waals surface area contributed by atoms with Crippen LogP contribution in [0.4, 0.5) is 0 Å². The predicted molar refractivity (Wildman–Crippen MR) is 49.2 cm³/mol. The van der Waals surface area contributed by atoms with Crippen LogP contribution >= 0.6 is 12.6 Å². The van der Waals surface area contributed by atoms with E-state index < -0.39 is 0 Å². The smallest absolute Gasteiger partial charge is 0.0471 e. The minimum atomic E-state index is 0.191. The number of hydrogen-bond acceptors (Lipinski definition) is 2. The van der Waals surface area contributed by atoms with Crippen LogP contribution in [0.1, 0.15) is 11.1 Å². The fraction of sp³-hybridized carbons (Fsp3) is 0.333. The summed E-state index contributed by atoms with van der Waals surface area (Å²) in [4.78, 5) is 0.971. The standard InChI is InChI=1S/C9H12OS/c1-7-2-3-8(4-5-10)9(11)6-7/h2-3,6,10-11H,4-5H2,1H3. The van der Waals surface area contributed by atoms with E-state index in [1.807, 2.05) is 25.1 Å². The van der Waals surface area contributed by atoms with E-state index in [4.69, 9.17) is 5.11 Å². The van der Waals surface area contributed by atoms with Gasteiger partial charge in [-0.1, -0.05) is 17.7 Å². The molecule has 0 bridgehead atoms. The molecule has 0 amide bonds. The van der Waals surface area contributed by atoms with Gasteiger partial charge in [0.1, 0.15) is 0 Å². The second kappa shape index (κ2) is 3.79. The first-order chi connectivity index (χ1) is 5.24. The van der Waals surface area contributed by atoms with Crippen molar-refractivity contribution in [2.75, 3.05) is 6.61 Å². The van der Waals surface area contributed by atoms with Gasteiger partial charge in [-0.3, -0.25) is 0 Å². The molecule has 0 aromatic heterocycles. The van der Waals surface area contributed by atoms with Gasteiger partial charge in [0, 0.05) is 11.5 Å². The monoisotopic (exact) mass is 168 g/mol. The van der Waals surface area contributed by atoms with Crippen LogP contribution in [0.25, 0.3) is 0 Å². The van der Waals surface area contributed by atoms with E-state index in [9.17, 15) is 0 Å². The summed E-state index contributed by atoms with van der Waals surface area (Å²) in [5, 5.41) is 8.68. The highest BCUT2D eigenvalue weighted by Gasteiger charge is 1.96. The molecule has 0 aliphatic heterocycles. The number of aryl methyl sites for hydroxylation is 1. The molecule has 0 aliphatic carbocycles. The normalized spacial score (nSPS) is 10.1. The number of benzene rings is 1. The molecule has 0 saturated carbocycles. The van der Waals surface area contributed by atoms with Crippen LogP contribution < -0.4 is 0 Å². The lowest BCUT2D eigenvalue weighted by molar-refractivity contribution is 0.299.